The normalized spacial score (nSPS) is 16.2. The molecule has 13 heavy (non-hydrogen) atoms. The van der Waals surface area contributed by atoms with Crippen LogP contribution < -0.4 is 5.32 Å². The van der Waals surface area contributed by atoms with Crippen LogP contribution in [0.5, 0.6) is 0 Å². The van der Waals surface area contributed by atoms with Crippen molar-refractivity contribution in [1.29, 1.82) is 0 Å². The van der Waals surface area contributed by atoms with E-state index in [1.165, 1.54) is 25.7 Å². The largest absolute Gasteiger partial charge is 0.319 e. The molecular weight excluding hydrogens is 158 g/mol. The van der Waals surface area contributed by atoms with Crippen LogP contribution in [0.25, 0.3) is 0 Å². The van der Waals surface area contributed by atoms with Gasteiger partial charge in [-0.25, -0.2) is 0 Å². The van der Waals surface area contributed by atoms with Gasteiger partial charge in [-0.1, -0.05) is 40.5 Å². The maximum Gasteiger partial charge on any atom is 0.000205 e. The lowest BCUT2D eigenvalue weighted by molar-refractivity contribution is 0.261. The van der Waals surface area contributed by atoms with Gasteiger partial charge in [0.15, 0.2) is 0 Å². The minimum Gasteiger partial charge on any atom is -0.319 e. The van der Waals surface area contributed by atoms with E-state index >= 15 is 0 Å². The molecule has 0 aliphatic carbocycles. The summed E-state index contributed by atoms with van der Waals surface area (Å²) in [7, 11) is 2.05. The predicted octanol–water partition coefficient (Wildman–Crippen LogP) is 3.45. The van der Waals surface area contributed by atoms with Crippen molar-refractivity contribution in [2.45, 2.75) is 53.4 Å². The number of rotatable bonds is 7. The Morgan fingerprint density at radius 3 is 2.31 bits per heavy atom. The molecule has 0 saturated heterocycles. The van der Waals surface area contributed by atoms with Crippen LogP contribution in [0.2, 0.25) is 0 Å². The monoisotopic (exact) mass is 185 g/mol. The lowest BCUT2D eigenvalue weighted by Crippen LogP contribution is -2.29. The van der Waals surface area contributed by atoms with Crippen molar-refractivity contribution >= 4 is 0 Å². The molecule has 80 valence electrons. The Morgan fingerprint density at radius 2 is 1.92 bits per heavy atom. The van der Waals surface area contributed by atoms with E-state index in [9.17, 15) is 0 Å². The third-order valence-corrected chi connectivity index (χ3v) is 3.02. The van der Waals surface area contributed by atoms with Gasteiger partial charge in [-0.05, 0) is 31.2 Å². The fraction of sp³-hybridized carbons (Fsp3) is 1.00. The lowest BCUT2D eigenvalue weighted by atomic mass is 9.81. The van der Waals surface area contributed by atoms with E-state index in [0.29, 0.717) is 5.41 Å². The fourth-order valence-electron chi connectivity index (χ4n) is 1.75. The summed E-state index contributed by atoms with van der Waals surface area (Å²) in [6.07, 6.45) is 5.40. The SMILES string of the molecule is CCC(C)(CCCC(C)C)CNC. The Bertz CT molecular complexity index is 120. The summed E-state index contributed by atoms with van der Waals surface area (Å²) >= 11 is 0. The average Bonchev–Trinajstić information content (AvgIpc) is 2.04. The molecule has 0 fully saturated rings. The summed E-state index contributed by atoms with van der Waals surface area (Å²) in [5.74, 6) is 0.857. The van der Waals surface area contributed by atoms with Crippen LogP contribution in [0.3, 0.4) is 0 Å². The molecular formula is C12H27N. The molecule has 0 rings (SSSR count). The van der Waals surface area contributed by atoms with Crippen molar-refractivity contribution in [2.75, 3.05) is 13.6 Å². The molecule has 0 spiro atoms. The predicted molar refractivity (Wildman–Crippen MR) is 61.0 cm³/mol. The first kappa shape index (κ1) is 13.0. The van der Waals surface area contributed by atoms with E-state index in [4.69, 9.17) is 0 Å². The first-order chi connectivity index (χ1) is 6.04. The standard InChI is InChI=1S/C12H27N/c1-6-12(4,10-13-5)9-7-8-11(2)3/h11,13H,6-10H2,1-5H3. The zero-order valence-electron chi connectivity index (χ0n) is 10.1. The van der Waals surface area contributed by atoms with E-state index in [1.807, 2.05) is 0 Å². The van der Waals surface area contributed by atoms with Gasteiger partial charge < -0.3 is 5.32 Å². The van der Waals surface area contributed by atoms with Crippen LogP contribution in [-0.2, 0) is 0 Å². The fourth-order valence-corrected chi connectivity index (χ4v) is 1.75. The molecule has 0 aliphatic rings. The maximum absolute atomic E-state index is 3.30. The molecule has 1 heteroatoms. The molecule has 1 unspecified atom stereocenters. The first-order valence-corrected chi connectivity index (χ1v) is 5.68. The molecule has 1 atom stereocenters. The summed E-state index contributed by atoms with van der Waals surface area (Å²) in [4.78, 5) is 0. The van der Waals surface area contributed by atoms with Crippen LogP contribution in [0.4, 0.5) is 0 Å². The van der Waals surface area contributed by atoms with Gasteiger partial charge in [0, 0.05) is 6.54 Å². The summed E-state index contributed by atoms with van der Waals surface area (Å²) in [6.45, 7) is 10.5. The molecule has 0 aliphatic heterocycles. The van der Waals surface area contributed by atoms with Gasteiger partial charge in [0.05, 0.1) is 0 Å². The van der Waals surface area contributed by atoms with Gasteiger partial charge in [-0.2, -0.15) is 0 Å². The lowest BCUT2D eigenvalue weighted by Gasteiger charge is -2.28. The Kier molecular flexibility index (Phi) is 6.40. The summed E-state index contributed by atoms with van der Waals surface area (Å²) in [5.41, 5.74) is 0.518. The van der Waals surface area contributed by atoms with Crippen LogP contribution in [0.15, 0.2) is 0 Å². The highest BCUT2D eigenvalue weighted by Gasteiger charge is 2.20. The third-order valence-electron chi connectivity index (χ3n) is 3.02. The quantitative estimate of drug-likeness (QED) is 0.640. The van der Waals surface area contributed by atoms with Gasteiger partial charge in [-0.15, -0.1) is 0 Å². The highest BCUT2D eigenvalue weighted by molar-refractivity contribution is 4.74. The number of nitrogens with one attached hydrogen (secondary N) is 1. The van der Waals surface area contributed by atoms with Gasteiger partial charge >= 0.3 is 0 Å². The second kappa shape index (κ2) is 6.42. The van der Waals surface area contributed by atoms with E-state index in [1.54, 1.807) is 0 Å². The average molecular weight is 185 g/mol. The Labute approximate surface area is 84.3 Å². The van der Waals surface area contributed by atoms with E-state index in [0.717, 1.165) is 12.5 Å². The van der Waals surface area contributed by atoms with Gasteiger partial charge in [0.1, 0.15) is 0 Å². The highest BCUT2D eigenvalue weighted by Crippen LogP contribution is 2.27. The summed E-state index contributed by atoms with van der Waals surface area (Å²) in [5, 5.41) is 3.30. The second-order valence-corrected chi connectivity index (χ2v) is 4.98. The van der Waals surface area contributed by atoms with E-state index in [2.05, 4.69) is 40.1 Å². The van der Waals surface area contributed by atoms with Crippen molar-refractivity contribution < 1.29 is 0 Å². The van der Waals surface area contributed by atoms with Crippen molar-refractivity contribution in [1.82, 2.24) is 5.32 Å². The van der Waals surface area contributed by atoms with Crippen LogP contribution in [0, 0.1) is 11.3 Å². The number of hydrogen-bond donors (Lipinski definition) is 1. The van der Waals surface area contributed by atoms with E-state index in [-0.39, 0.29) is 0 Å². The van der Waals surface area contributed by atoms with Crippen molar-refractivity contribution in [3.63, 3.8) is 0 Å². The molecule has 1 N–H and O–H groups in total. The molecule has 0 radical (unpaired) electrons. The van der Waals surface area contributed by atoms with Crippen LogP contribution in [0.1, 0.15) is 53.4 Å². The summed E-state index contributed by atoms with van der Waals surface area (Å²) in [6, 6.07) is 0. The molecule has 0 amide bonds. The first-order valence-electron chi connectivity index (χ1n) is 5.68. The van der Waals surface area contributed by atoms with Crippen molar-refractivity contribution in [3.8, 4) is 0 Å². The minimum atomic E-state index is 0.518. The Balaban J connectivity index is 3.69. The maximum atomic E-state index is 3.30. The topological polar surface area (TPSA) is 12.0 Å². The summed E-state index contributed by atoms with van der Waals surface area (Å²) < 4.78 is 0. The Morgan fingerprint density at radius 1 is 1.31 bits per heavy atom. The zero-order valence-corrected chi connectivity index (χ0v) is 10.1. The molecule has 0 bridgehead atoms. The van der Waals surface area contributed by atoms with E-state index < -0.39 is 0 Å². The van der Waals surface area contributed by atoms with Crippen molar-refractivity contribution in [3.05, 3.63) is 0 Å². The Hall–Kier alpha value is -0.0400. The second-order valence-electron chi connectivity index (χ2n) is 4.98. The van der Waals surface area contributed by atoms with Gasteiger partial charge in [-0.3, -0.25) is 0 Å². The molecule has 0 aromatic rings. The van der Waals surface area contributed by atoms with Crippen molar-refractivity contribution in [2.24, 2.45) is 11.3 Å². The van der Waals surface area contributed by atoms with Crippen LogP contribution in [-0.4, -0.2) is 13.6 Å². The molecule has 0 heterocycles. The smallest absolute Gasteiger partial charge is 0.000205 e. The third kappa shape index (κ3) is 6.09. The number of hydrogen-bond acceptors (Lipinski definition) is 1. The zero-order chi connectivity index (χ0) is 10.3. The highest BCUT2D eigenvalue weighted by atomic mass is 14.8. The minimum absolute atomic E-state index is 0.518. The molecule has 0 aromatic carbocycles. The van der Waals surface area contributed by atoms with Crippen LogP contribution >= 0.6 is 0 Å². The molecule has 0 aromatic heterocycles. The van der Waals surface area contributed by atoms with Gasteiger partial charge in [0.2, 0.25) is 0 Å². The van der Waals surface area contributed by atoms with Gasteiger partial charge in [0.25, 0.3) is 0 Å². The molecule has 1 nitrogen and oxygen atoms in total. The molecule has 0 saturated carbocycles.